The first-order chi connectivity index (χ1) is 16.5. The Morgan fingerprint density at radius 2 is 1.21 bits per heavy atom. The van der Waals surface area contributed by atoms with E-state index >= 15 is 0 Å². The average molecular weight is 465 g/mol. The Hall–Kier alpha value is -3.88. The standard InChI is InChI=1S/C26H28N2O6/c1-19(29)15-32-16-22-12-23(27-25(30)33-17-20-8-4-2-5-9-20)14-24(13-22)28-26(31)34-18-21-10-6-3-7-11-21/h2-14,19,29H,15-18H2,1H3,(H,27,30)(H,28,31). The van der Waals surface area contributed by atoms with Crippen LogP contribution in [-0.2, 0) is 34.0 Å². The maximum Gasteiger partial charge on any atom is 0.411 e. The van der Waals surface area contributed by atoms with Gasteiger partial charge in [0.05, 0.1) is 19.3 Å². The Balaban J connectivity index is 1.63. The third-order valence-electron chi connectivity index (χ3n) is 4.54. The van der Waals surface area contributed by atoms with Crippen molar-refractivity contribution < 1.29 is 28.9 Å². The number of aliphatic hydroxyl groups excluding tert-OH is 1. The number of ether oxygens (including phenoxy) is 3. The molecule has 8 heteroatoms. The molecule has 0 heterocycles. The summed E-state index contributed by atoms with van der Waals surface area (Å²) in [7, 11) is 0. The second-order valence-corrected chi connectivity index (χ2v) is 7.66. The van der Waals surface area contributed by atoms with Crippen molar-refractivity contribution in [2.75, 3.05) is 17.2 Å². The van der Waals surface area contributed by atoms with Crippen molar-refractivity contribution in [1.82, 2.24) is 0 Å². The van der Waals surface area contributed by atoms with Crippen LogP contribution < -0.4 is 10.6 Å². The summed E-state index contributed by atoms with van der Waals surface area (Å²) in [4.78, 5) is 24.6. The van der Waals surface area contributed by atoms with Crippen LogP contribution in [0.25, 0.3) is 0 Å². The topological polar surface area (TPSA) is 106 Å². The molecule has 3 aromatic carbocycles. The van der Waals surface area contributed by atoms with Gasteiger partial charge in [-0.1, -0.05) is 60.7 Å². The predicted octanol–water partition coefficient (Wildman–Crippen LogP) is 5.08. The van der Waals surface area contributed by atoms with Crippen LogP contribution >= 0.6 is 0 Å². The minimum Gasteiger partial charge on any atom is -0.444 e. The van der Waals surface area contributed by atoms with E-state index < -0.39 is 18.3 Å². The number of hydrogen-bond donors (Lipinski definition) is 3. The molecular weight excluding hydrogens is 436 g/mol. The van der Waals surface area contributed by atoms with Gasteiger partial charge in [0, 0.05) is 11.4 Å². The van der Waals surface area contributed by atoms with Gasteiger partial charge in [0.2, 0.25) is 0 Å². The lowest BCUT2D eigenvalue weighted by molar-refractivity contribution is 0.0376. The molecule has 8 nitrogen and oxygen atoms in total. The highest BCUT2D eigenvalue weighted by molar-refractivity contribution is 5.89. The number of nitrogens with one attached hydrogen (secondary N) is 2. The predicted molar refractivity (Wildman–Crippen MR) is 128 cm³/mol. The summed E-state index contributed by atoms with van der Waals surface area (Å²) in [6, 6.07) is 23.6. The molecule has 3 N–H and O–H groups in total. The summed E-state index contributed by atoms with van der Waals surface area (Å²) in [6.45, 7) is 2.20. The summed E-state index contributed by atoms with van der Waals surface area (Å²) in [6.07, 6.45) is -1.88. The second-order valence-electron chi connectivity index (χ2n) is 7.66. The van der Waals surface area contributed by atoms with E-state index in [1.54, 1.807) is 25.1 Å². The third kappa shape index (κ3) is 8.93. The van der Waals surface area contributed by atoms with Crippen LogP contribution in [-0.4, -0.2) is 30.0 Å². The first-order valence-corrected chi connectivity index (χ1v) is 10.8. The fourth-order valence-electron chi connectivity index (χ4n) is 3.02. The van der Waals surface area contributed by atoms with Gasteiger partial charge < -0.3 is 19.3 Å². The lowest BCUT2D eigenvalue weighted by atomic mass is 10.2. The minimum absolute atomic E-state index is 0.126. The van der Waals surface area contributed by atoms with Gasteiger partial charge in [-0.25, -0.2) is 9.59 Å². The maximum atomic E-state index is 12.3. The van der Waals surface area contributed by atoms with Crippen molar-refractivity contribution in [3.8, 4) is 0 Å². The number of hydrogen-bond acceptors (Lipinski definition) is 6. The average Bonchev–Trinajstić information content (AvgIpc) is 2.82. The minimum atomic E-state index is -0.636. The van der Waals surface area contributed by atoms with Crippen molar-refractivity contribution in [3.63, 3.8) is 0 Å². The normalized spacial score (nSPS) is 11.4. The zero-order valence-electron chi connectivity index (χ0n) is 18.9. The van der Waals surface area contributed by atoms with Crippen molar-refractivity contribution >= 4 is 23.6 Å². The van der Waals surface area contributed by atoms with Gasteiger partial charge in [0.25, 0.3) is 0 Å². The van der Waals surface area contributed by atoms with Crippen molar-refractivity contribution in [3.05, 3.63) is 95.6 Å². The molecule has 0 radical (unpaired) electrons. The molecule has 0 aromatic heterocycles. The van der Waals surface area contributed by atoms with Gasteiger partial charge >= 0.3 is 12.2 Å². The fraction of sp³-hybridized carbons (Fsp3) is 0.231. The summed E-state index contributed by atoms with van der Waals surface area (Å²) in [5.74, 6) is 0. The molecule has 3 rings (SSSR count). The SMILES string of the molecule is CC(O)COCc1cc(NC(=O)OCc2ccccc2)cc(NC(=O)OCc2ccccc2)c1. The highest BCUT2D eigenvalue weighted by atomic mass is 16.6. The molecule has 0 fully saturated rings. The quantitative estimate of drug-likeness (QED) is 0.386. The molecular formula is C26H28N2O6. The molecule has 3 aromatic rings. The lowest BCUT2D eigenvalue weighted by Crippen LogP contribution is -2.16. The number of benzene rings is 3. The van der Waals surface area contributed by atoms with E-state index in [0.29, 0.717) is 16.9 Å². The van der Waals surface area contributed by atoms with Crippen LogP contribution in [0.2, 0.25) is 0 Å². The van der Waals surface area contributed by atoms with Crippen molar-refractivity contribution in [1.29, 1.82) is 0 Å². The molecule has 178 valence electrons. The fourth-order valence-corrected chi connectivity index (χ4v) is 3.02. The molecule has 1 unspecified atom stereocenters. The van der Waals surface area contributed by atoms with E-state index in [0.717, 1.165) is 11.1 Å². The number of carbonyl (C=O) groups is 2. The zero-order chi connectivity index (χ0) is 24.2. The van der Waals surface area contributed by atoms with E-state index in [1.807, 2.05) is 60.7 Å². The van der Waals surface area contributed by atoms with E-state index in [2.05, 4.69) is 10.6 Å². The summed E-state index contributed by atoms with van der Waals surface area (Å²) in [5.41, 5.74) is 3.23. The Morgan fingerprint density at radius 1 is 0.735 bits per heavy atom. The van der Waals surface area contributed by atoms with Crippen LogP contribution in [0, 0.1) is 0 Å². The third-order valence-corrected chi connectivity index (χ3v) is 4.54. The van der Waals surface area contributed by atoms with Gasteiger partial charge in [-0.2, -0.15) is 0 Å². The molecule has 0 bridgehead atoms. The smallest absolute Gasteiger partial charge is 0.411 e. The number of anilines is 2. The van der Waals surface area contributed by atoms with E-state index in [4.69, 9.17) is 14.2 Å². The van der Waals surface area contributed by atoms with Gasteiger partial charge in [-0.15, -0.1) is 0 Å². The second kappa shape index (κ2) is 13.0. The Bertz CT molecular complexity index is 982. The lowest BCUT2D eigenvalue weighted by Gasteiger charge is -2.13. The largest absolute Gasteiger partial charge is 0.444 e. The van der Waals surface area contributed by atoms with Crippen LogP contribution in [0.4, 0.5) is 21.0 Å². The first-order valence-electron chi connectivity index (χ1n) is 10.8. The van der Waals surface area contributed by atoms with E-state index in [9.17, 15) is 14.7 Å². The van der Waals surface area contributed by atoms with Gasteiger partial charge in [0.15, 0.2) is 0 Å². The van der Waals surface area contributed by atoms with Gasteiger partial charge in [0.1, 0.15) is 13.2 Å². The maximum absolute atomic E-state index is 12.3. The zero-order valence-corrected chi connectivity index (χ0v) is 18.9. The molecule has 0 aliphatic rings. The molecule has 0 saturated heterocycles. The molecule has 0 spiro atoms. The Kier molecular flexibility index (Phi) is 9.45. The molecule has 0 saturated carbocycles. The monoisotopic (exact) mass is 464 g/mol. The summed E-state index contributed by atoms with van der Waals surface area (Å²) >= 11 is 0. The number of aliphatic hydroxyl groups is 1. The van der Waals surface area contributed by atoms with Gasteiger partial charge in [-0.3, -0.25) is 10.6 Å². The molecule has 2 amide bonds. The van der Waals surface area contributed by atoms with Crippen LogP contribution in [0.1, 0.15) is 23.6 Å². The van der Waals surface area contributed by atoms with Crippen molar-refractivity contribution in [2.24, 2.45) is 0 Å². The van der Waals surface area contributed by atoms with Crippen molar-refractivity contribution in [2.45, 2.75) is 32.8 Å². The van der Waals surface area contributed by atoms with Gasteiger partial charge in [-0.05, 0) is 41.8 Å². The van der Waals surface area contributed by atoms with Crippen LogP contribution in [0.15, 0.2) is 78.9 Å². The van der Waals surface area contributed by atoms with E-state index in [-0.39, 0.29) is 26.4 Å². The Labute approximate surface area is 198 Å². The Morgan fingerprint density at radius 3 is 1.65 bits per heavy atom. The number of rotatable bonds is 10. The molecule has 0 aliphatic carbocycles. The highest BCUT2D eigenvalue weighted by Gasteiger charge is 2.10. The summed E-state index contributed by atoms with van der Waals surface area (Å²) in [5, 5.41) is 14.7. The highest BCUT2D eigenvalue weighted by Crippen LogP contribution is 2.21. The molecule has 1 atom stereocenters. The summed E-state index contributed by atoms with van der Waals surface area (Å²) < 4.78 is 16.0. The van der Waals surface area contributed by atoms with E-state index in [1.165, 1.54) is 0 Å². The van der Waals surface area contributed by atoms with Crippen LogP contribution in [0.3, 0.4) is 0 Å². The van der Waals surface area contributed by atoms with Crippen LogP contribution in [0.5, 0.6) is 0 Å². The number of carbonyl (C=O) groups excluding carboxylic acids is 2. The molecule has 34 heavy (non-hydrogen) atoms. The first kappa shape index (κ1) is 24.8. The number of amides is 2. The molecule has 0 aliphatic heterocycles.